The van der Waals surface area contributed by atoms with Gasteiger partial charge >= 0.3 is 0 Å². The van der Waals surface area contributed by atoms with E-state index in [-0.39, 0.29) is 11.3 Å². The summed E-state index contributed by atoms with van der Waals surface area (Å²) in [4.78, 5) is 18.4. The summed E-state index contributed by atoms with van der Waals surface area (Å²) >= 11 is 0. The van der Waals surface area contributed by atoms with Gasteiger partial charge in [0.15, 0.2) is 5.96 Å². The molecule has 6 nitrogen and oxygen atoms in total. The number of aliphatic imine (C=N–C) groups is 1. The summed E-state index contributed by atoms with van der Waals surface area (Å²) in [6.07, 6.45) is 1.02. The maximum absolute atomic E-state index is 11.8. The Labute approximate surface area is 158 Å². The molecule has 0 bridgehead atoms. The van der Waals surface area contributed by atoms with Crippen molar-refractivity contribution in [1.29, 1.82) is 0 Å². The number of nitrogens with zero attached hydrogens (tertiary/aromatic N) is 2. The van der Waals surface area contributed by atoms with Crippen molar-refractivity contribution in [3.05, 3.63) is 30.3 Å². The average Bonchev–Trinajstić information content (AvgIpc) is 2.63. The van der Waals surface area contributed by atoms with Crippen LogP contribution in [0.5, 0.6) is 0 Å². The van der Waals surface area contributed by atoms with Crippen molar-refractivity contribution in [1.82, 2.24) is 16.0 Å². The van der Waals surface area contributed by atoms with Crippen LogP contribution in [0.4, 0.5) is 5.69 Å². The van der Waals surface area contributed by atoms with E-state index in [0.29, 0.717) is 13.1 Å². The van der Waals surface area contributed by atoms with Gasteiger partial charge in [0.25, 0.3) is 0 Å². The highest BCUT2D eigenvalue weighted by Crippen LogP contribution is 2.13. The van der Waals surface area contributed by atoms with Gasteiger partial charge in [-0.1, -0.05) is 39.0 Å². The van der Waals surface area contributed by atoms with Gasteiger partial charge in [0.2, 0.25) is 5.91 Å². The Hall–Kier alpha value is -2.24. The quantitative estimate of drug-likeness (QED) is 0.358. The molecule has 1 aromatic rings. The SMILES string of the molecule is CCN(CCCNC(=NC)NCCNC(=O)C(C)(C)C)c1ccccc1. The third-order valence-electron chi connectivity index (χ3n) is 4.01. The van der Waals surface area contributed by atoms with Crippen molar-refractivity contribution >= 4 is 17.6 Å². The molecule has 0 fully saturated rings. The Bertz CT molecular complexity index is 551. The summed E-state index contributed by atoms with van der Waals surface area (Å²) in [6, 6.07) is 10.5. The summed E-state index contributed by atoms with van der Waals surface area (Å²) in [6.45, 7) is 11.9. The van der Waals surface area contributed by atoms with Crippen LogP contribution in [-0.4, -0.2) is 51.6 Å². The van der Waals surface area contributed by atoms with Gasteiger partial charge in [0.1, 0.15) is 0 Å². The zero-order chi connectivity index (χ0) is 19.4. The molecule has 0 aliphatic rings. The van der Waals surface area contributed by atoms with Crippen molar-refractivity contribution in [2.45, 2.75) is 34.1 Å². The van der Waals surface area contributed by atoms with E-state index in [2.05, 4.69) is 57.0 Å². The van der Waals surface area contributed by atoms with E-state index in [1.807, 2.05) is 26.8 Å². The van der Waals surface area contributed by atoms with Gasteiger partial charge in [-0.3, -0.25) is 9.79 Å². The number of benzene rings is 1. The molecule has 0 saturated carbocycles. The predicted octanol–water partition coefficient (Wildman–Crippen LogP) is 2.23. The van der Waals surface area contributed by atoms with Gasteiger partial charge in [-0.2, -0.15) is 0 Å². The number of hydrogen-bond donors (Lipinski definition) is 3. The highest BCUT2D eigenvalue weighted by molar-refractivity contribution is 5.81. The highest BCUT2D eigenvalue weighted by Gasteiger charge is 2.20. The second-order valence-electron chi connectivity index (χ2n) is 7.20. The number of nitrogens with one attached hydrogen (secondary N) is 3. The Morgan fingerprint density at radius 3 is 2.23 bits per heavy atom. The number of anilines is 1. The van der Waals surface area contributed by atoms with Crippen LogP contribution >= 0.6 is 0 Å². The molecule has 146 valence electrons. The predicted molar refractivity (Wildman–Crippen MR) is 111 cm³/mol. The fraction of sp³-hybridized carbons (Fsp3) is 0.600. The van der Waals surface area contributed by atoms with Crippen LogP contribution in [-0.2, 0) is 4.79 Å². The summed E-state index contributed by atoms with van der Waals surface area (Å²) in [5, 5.41) is 9.46. The number of para-hydroxylation sites is 1. The molecule has 1 rings (SSSR count). The summed E-state index contributed by atoms with van der Waals surface area (Å²) in [5.74, 6) is 0.820. The van der Waals surface area contributed by atoms with E-state index in [1.54, 1.807) is 7.05 Å². The molecule has 0 radical (unpaired) electrons. The number of hydrogen-bond acceptors (Lipinski definition) is 3. The van der Waals surface area contributed by atoms with Crippen LogP contribution in [0.1, 0.15) is 34.1 Å². The highest BCUT2D eigenvalue weighted by atomic mass is 16.2. The van der Waals surface area contributed by atoms with Gasteiger partial charge in [0.05, 0.1) is 0 Å². The lowest BCUT2D eigenvalue weighted by Gasteiger charge is -2.23. The number of carbonyl (C=O) groups excluding carboxylic acids is 1. The molecule has 0 heterocycles. The smallest absolute Gasteiger partial charge is 0.225 e. The van der Waals surface area contributed by atoms with Crippen molar-refractivity contribution in [3.8, 4) is 0 Å². The topological polar surface area (TPSA) is 68.8 Å². The Morgan fingerprint density at radius 1 is 1.04 bits per heavy atom. The number of rotatable bonds is 9. The largest absolute Gasteiger partial charge is 0.372 e. The minimum Gasteiger partial charge on any atom is -0.372 e. The molecular formula is C20H35N5O. The minimum atomic E-state index is -0.357. The Morgan fingerprint density at radius 2 is 1.65 bits per heavy atom. The van der Waals surface area contributed by atoms with Gasteiger partial charge in [-0.05, 0) is 25.5 Å². The third kappa shape index (κ3) is 8.23. The van der Waals surface area contributed by atoms with Crippen LogP contribution < -0.4 is 20.9 Å². The first-order chi connectivity index (χ1) is 12.4. The molecule has 26 heavy (non-hydrogen) atoms. The van der Waals surface area contributed by atoms with Gasteiger partial charge in [-0.25, -0.2) is 0 Å². The van der Waals surface area contributed by atoms with Crippen LogP contribution in [0.2, 0.25) is 0 Å². The minimum absolute atomic E-state index is 0.0582. The molecule has 0 atom stereocenters. The molecule has 0 unspecified atom stereocenters. The van der Waals surface area contributed by atoms with E-state index >= 15 is 0 Å². The van der Waals surface area contributed by atoms with Crippen LogP contribution in [0.25, 0.3) is 0 Å². The van der Waals surface area contributed by atoms with Crippen LogP contribution in [0.3, 0.4) is 0 Å². The normalized spacial score (nSPS) is 11.8. The number of amides is 1. The first kappa shape index (κ1) is 21.8. The standard InChI is InChI=1S/C20H35N5O/c1-6-25(17-11-8-7-9-12-17)16-10-13-23-19(21-5)24-15-14-22-18(26)20(2,3)4/h7-9,11-12H,6,10,13-16H2,1-5H3,(H,22,26)(H2,21,23,24). The zero-order valence-electron chi connectivity index (χ0n) is 16.9. The molecule has 6 heteroatoms. The van der Waals surface area contributed by atoms with Crippen molar-refractivity contribution in [3.63, 3.8) is 0 Å². The Balaban J connectivity index is 2.23. The lowest BCUT2D eigenvalue weighted by molar-refractivity contribution is -0.128. The summed E-state index contributed by atoms with van der Waals surface area (Å²) < 4.78 is 0. The molecule has 0 aromatic heterocycles. The average molecular weight is 362 g/mol. The number of guanidine groups is 1. The maximum Gasteiger partial charge on any atom is 0.225 e. The lowest BCUT2D eigenvalue weighted by atomic mass is 9.96. The van der Waals surface area contributed by atoms with Gasteiger partial charge in [-0.15, -0.1) is 0 Å². The second-order valence-corrected chi connectivity index (χ2v) is 7.20. The molecule has 1 amide bonds. The molecular weight excluding hydrogens is 326 g/mol. The van der Waals surface area contributed by atoms with Crippen LogP contribution in [0, 0.1) is 5.41 Å². The molecule has 0 spiro atoms. The number of carbonyl (C=O) groups is 1. The Kier molecular flexibility index (Phi) is 9.55. The molecule has 1 aromatic carbocycles. The molecule has 0 saturated heterocycles. The van der Waals surface area contributed by atoms with Crippen molar-refractivity contribution in [2.75, 3.05) is 44.7 Å². The molecule has 0 aliphatic heterocycles. The van der Waals surface area contributed by atoms with E-state index < -0.39 is 0 Å². The first-order valence-corrected chi connectivity index (χ1v) is 9.41. The van der Waals surface area contributed by atoms with Gasteiger partial charge < -0.3 is 20.9 Å². The van der Waals surface area contributed by atoms with Crippen molar-refractivity contribution < 1.29 is 4.79 Å². The van der Waals surface area contributed by atoms with E-state index in [1.165, 1.54) is 5.69 Å². The van der Waals surface area contributed by atoms with Gasteiger partial charge in [0, 0.05) is 50.9 Å². The lowest BCUT2D eigenvalue weighted by Crippen LogP contribution is -2.44. The monoisotopic (exact) mass is 361 g/mol. The zero-order valence-corrected chi connectivity index (χ0v) is 16.9. The van der Waals surface area contributed by atoms with Crippen LogP contribution in [0.15, 0.2) is 35.3 Å². The van der Waals surface area contributed by atoms with Crippen molar-refractivity contribution in [2.24, 2.45) is 10.4 Å². The summed E-state index contributed by atoms with van der Waals surface area (Å²) in [7, 11) is 1.76. The summed E-state index contributed by atoms with van der Waals surface area (Å²) in [5.41, 5.74) is 0.899. The molecule has 0 aliphatic carbocycles. The van der Waals surface area contributed by atoms with E-state index in [0.717, 1.165) is 32.0 Å². The third-order valence-corrected chi connectivity index (χ3v) is 4.01. The van der Waals surface area contributed by atoms with E-state index in [4.69, 9.17) is 0 Å². The van der Waals surface area contributed by atoms with E-state index in [9.17, 15) is 4.79 Å². The second kappa shape index (κ2) is 11.4. The fourth-order valence-electron chi connectivity index (χ4n) is 2.43. The first-order valence-electron chi connectivity index (χ1n) is 9.41. The fourth-order valence-corrected chi connectivity index (χ4v) is 2.43. The maximum atomic E-state index is 11.8. The molecule has 3 N–H and O–H groups in total.